The molecule has 1 N–H and O–H groups in total. The van der Waals surface area contributed by atoms with Crippen LogP contribution >= 0.6 is 9.47 Å². The van der Waals surface area contributed by atoms with Crippen LogP contribution in [0.25, 0.3) is 0 Å². The van der Waals surface area contributed by atoms with Crippen molar-refractivity contribution in [2.75, 3.05) is 27.9 Å². The first-order valence-electron chi connectivity index (χ1n) is 4.93. The lowest BCUT2D eigenvalue weighted by atomic mass is 9.99. The van der Waals surface area contributed by atoms with Crippen LogP contribution < -0.4 is 0 Å². The largest absolute Gasteiger partial charge is 0.394 e. The average molecular weight is 254 g/mol. The summed E-state index contributed by atoms with van der Waals surface area (Å²) < 4.78 is 26.5. The highest BCUT2D eigenvalue weighted by Crippen LogP contribution is 2.28. The summed E-state index contributed by atoms with van der Waals surface area (Å²) in [4.78, 5) is 0. The lowest BCUT2D eigenvalue weighted by Gasteiger charge is -2.43. The third-order valence-electron chi connectivity index (χ3n) is 2.72. The van der Waals surface area contributed by atoms with Crippen molar-refractivity contribution in [2.45, 2.75) is 30.7 Å². The summed E-state index contributed by atoms with van der Waals surface area (Å²) in [6.07, 6.45) is -2.26. The van der Waals surface area contributed by atoms with Crippen molar-refractivity contribution < 1.29 is 28.6 Å². The van der Waals surface area contributed by atoms with Gasteiger partial charge in [0.1, 0.15) is 24.4 Å². The summed E-state index contributed by atoms with van der Waals surface area (Å²) in [5.41, 5.74) is 0. The minimum absolute atomic E-state index is 0.167. The van der Waals surface area contributed by atoms with E-state index in [2.05, 4.69) is 9.47 Å². The van der Waals surface area contributed by atoms with Gasteiger partial charge in [-0.05, 0) is 0 Å². The molecule has 6 nitrogen and oxygen atoms in total. The Kier molecular flexibility index (Phi) is 6.07. The lowest BCUT2D eigenvalue weighted by Crippen LogP contribution is -2.60. The van der Waals surface area contributed by atoms with Crippen molar-refractivity contribution in [1.29, 1.82) is 0 Å². The first-order chi connectivity index (χ1) is 7.73. The molecule has 7 heteroatoms. The Balaban J connectivity index is 2.85. The first kappa shape index (κ1) is 14.3. The monoisotopic (exact) mass is 254 g/mol. The summed E-state index contributed by atoms with van der Waals surface area (Å²) in [5.74, 6) is 0. The molecule has 1 fully saturated rings. The molecular weight excluding hydrogens is 235 g/mol. The molecule has 1 aliphatic rings. The smallest absolute Gasteiger partial charge is 0.189 e. The van der Waals surface area contributed by atoms with Gasteiger partial charge in [0.25, 0.3) is 0 Å². The van der Waals surface area contributed by atoms with E-state index in [0.29, 0.717) is 0 Å². The highest BCUT2D eigenvalue weighted by Gasteiger charge is 2.47. The fraction of sp³-hybridized carbons (Fsp3) is 1.00. The van der Waals surface area contributed by atoms with E-state index in [4.69, 9.17) is 23.5 Å². The van der Waals surface area contributed by atoms with Crippen molar-refractivity contribution in [3.63, 3.8) is 0 Å². The van der Waals surface area contributed by atoms with Crippen LogP contribution in [0.2, 0.25) is 0 Å². The molecule has 1 aliphatic heterocycles. The van der Waals surface area contributed by atoms with Crippen molar-refractivity contribution in [3.05, 3.63) is 0 Å². The molecule has 6 atom stereocenters. The summed E-state index contributed by atoms with van der Waals surface area (Å²) in [6, 6.07) is 0. The van der Waals surface area contributed by atoms with Crippen molar-refractivity contribution >= 4 is 9.47 Å². The summed E-state index contributed by atoms with van der Waals surface area (Å²) in [7, 11) is 6.76. The molecule has 6 unspecified atom stereocenters. The van der Waals surface area contributed by atoms with Crippen LogP contribution in [0.15, 0.2) is 0 Å². The second-order valence-corrected chi connectivity index (χ2v) is 3.73. The molecule has 0 radical (unpaired) electrons. The summed E-state index contributed by atoms with van der Waals surface area (Å²) in [6.45, 7) is -0.167. The lowest BCUT2D eigenvalue weighted by molar-refractivity contribution is -0.288. The van der Waals surface area contributed by atoms with E-state index < -0.39 is 24.6 Å². The van der Waals surface area contributed by atoms with Gasteiger partial charge in [0, 0.05) is 30.8 Å². The van der Waals surface area contributed by atoms with Crippen LogP contribution in [0.5, 0.6) is 0 Å². The average Bonchev–Trinajstić information content (AvgIpc) is 2.35. The minimum atomic E-state index is -0.608. The Bertz CT molecular complexity index is 186. The first-order valence-corrected chi connectivity index (χ1v) is 5.40. The third kappa shape index (κ3) is 2.71. The van der Waals surface area contributed by atoms with Gasteiger partial charge < -0.3 is 28.6 Å². The van der Waals surface area contributed by atoms with Crippen LogP contribution in [-0.4, -0.2) is 63.7 Å². The van der Waals surface area contributed by atoms with Gasteiger partial charge in [0.05, 0.1) is 6.61 Å². The second kappa shape index (κ2) is 6.81. The predicted molar refractivity (Wildman–Crippen MR) is 58.9 cm³/mol. The van der Waals surface area contributed by atoms with E-state index in [1.807, 2.05) is 0 Å². The van der Waals surface area contributed by atoms with Gasteiger partial charge in [0.15, 0.2) is 6.29 Å². The SMILES string of the molecule is COC1C(CO)OC(OP)C(OC)C1OC. The Morgan fingerprint density at radius 1 is 1.06 bits per heavy atom. The third-order valence-corrected chi connectivity index (χ3v) is 2.99. The molecule has 0 saturated carbocycles. The van der Waals surface area contributed by atoms with E-state index in [9.17, 15) is 5.11 Å². The highest BCUT2D eigenvalue weighted by atomic mass is 31.0. The molecule has 16 heavy (non-hydrogen) atoms. The Morgan fingerprint density at radius 3 is 2.00 bits per heavy atom. The van der Waals surface area contributed by atoms with Gasteiger partial charge in [-0.2, -0.15) is 0 Å². The summed E-state index contributed by atoms with van der Waals surface area (Å²) >= 11 is 0. The van der Waals surface area contributed by atoms with Gasteiger partial charge in [-0.15, -0.1) is 0 Å². The fourth-order valence-corrected chi connectivity index (χ4v) is 2.16. The number of hydrogen-bond donors (Lipinski definition) is 1. The molecule has 96 valence electrons. The maximum Gasteiger partial charge on any atom is 0.189 e. The van der Waals surface area contributed by atoms with E-state index in [1.165, 1.54) is 7.11 Å². The molecule has 0 amide bonds. The Hall–Kier alpha value is 0.190. The van der Waals surface area contributed by atoms with E-state index in [1.54, 1.807) is 14.2 Å². The van der Waals surface area contributed by atoms with Crippen LogP contribution in [0.4, 0.5) is 0 Å². The van der Waals surface area contributed by atoms with Gasteiger partial charge in [-0.25, -0.2) is 0 Å². The van der Waals surface area contributed by atoms with Gasteiger partial charge >= 0.3 is 0 Å². The highest BCUT2D eigenvalue weighted by molar-refractivity contribution is 7.09. The van der Waals surface area contributed by atoms with Crippen LogP contribution in [0.3, 0.4) is 0 Å². The Morgan fingerprint density at radius 2 is 1.62 bits per heavy atom. The number of rotatable bonds is 5. The fourth-order valence-electron chi connectivity index (χ4n) is 1.94. The van der Waals surface area contributed by atoms with Crippen molar-refractivity contribution in [3.8, 4) is 0 Å². The normalized spacial score (nSPS) is 39.9. The summed E-state index contributed by atoms with van der Waals surface area (Å²) in [5, 5.41) is 9.21. The molecule has 0 aromatic rings. The number of hydrogen-bond acceptors (Lipinski definition) is 6. The molecule has 1 rings (SSSR count). The molecule has 0 bridgehead atoms. The minimum Gasteiger partial charge on any atom is -0.394 e. The molecule has 0 spiro atoms. The number of ether oxygens (including phenoxy) is 4. The molecular formula is C9H19O6P. The maximum atomic E-state index is 9.21. The number of aliphatic hydroxyl groups is 1. The molecule has 1 heterocycles. The maximum absolute atomic E-state index is 9.21. The molecule has 0 aromatic carbocycles. The molecule has 0 aromatic heterocycles. The van der Waals surface area contributed by atoms with E-state index in [0.717, 1.165) is 0 Å². The van der Waals surface area contributed by atoms with Crippen molar-refractivity contribution in [1.82, 2.24) is 0 Å². The zero-order valence-electron chi connectivity index (χ0n) is 9.66. The van der Waals surface area contributed by atoms with E-state index >= 15 is 0 Å². The number of methoxy groups -OCH3 is 3. The second-order valence-electron chi connectivity index (χ2n) is 3.46. The van der Waals surface area contributed by atoms with Crippen LogP contribution in [0.1, 0.15) is 0 Å². The van der Waals surface area contributed by atoms with E-state index in [-0.39, 0.29) is 12.7 Å². The van der Waals surface area contributed by atoms with Gasteiger partial charge in [0.2, 0.25) is 0 Å². The van der Waals surface area contributed by atoms with Crippen LogP contribution in [-0.2, 0) is 23.5 Å². The zero-order chi connectivity index (χ0) is 12.1. The topological polar surface area (TPSA) is 66.4 Å². The predicted octanol–water partition coefficient (Wildman–Crippen LogP) is -0.445. The van der Waals surface area contributed by atoms with Crippen molar-refractivity contribution in [2.24, 2.45) is 0 Å². The molecule has 0 aliphatic carbocycles. The van der Waals surface area contributed by atoms with Gasteiger partial charge in [-0.1, -0.05) is 0 Å². The van der Waals surface area contributed by atoms with Gasteiger partial charge in [-0.3, -0.25) is 0 Å². The standard InChI is InChI=1S/C9H19O6P/c1-11-6-5(4-10)14-9(15-16)8(13-3)7(6)12-2/h5-10H,4,16H2,1-3H3. The quantitative estimate of drug-likeness (QED) is 0.671. The Labute approximate surface area is 97.4 Å². The zero-order valence-corrected chi connectivity index (χ0v) is 10.8. The molecule has 1 saturated heterocycles. The van der Waals surface area contributed by atoms with Crippen LogP contribution in [0, 0.1) is 0 Å². The number of aliphatic hydroxyl groups excluding tert-OH is 1.